The normalized spacial score (nSPS) is 10.7. The highest BCUT2D eigenvalue weighted by Gasteiger charge is 2.15. The number of hydrogen-bond donors (Lipinski definition) is 0. The third-order valence-corrected chi connectivity index (χ3v) is 2.86. The smallest absolute Gasteiger partial charge is 0.172 e. The number of carbonyl (C=O) groups excluding carboxylic acids is 1. The number of halogens is 1. The van der Waals surface area contributed by atoms with Gasteiger partial charge in [0.05, 0.1) is 0 Å². The lowest BCUT2D eigenvalue weighted by Gasteiger charge is -2.11. The molecule has 6 heteroatoms. The van der Waals surface area contributed by atoms with Gasteiger partial charge in [-0.25, -0.2) is 4.68 Å². The van der Waals surface area contributed by atoms with Gasteiger partial charge in [-0.15, -0.1) is 5.10 Å². The van der Waals surface area contributed by atoms with Gasteiger partial charge in [-0.05, 0) is 38.1 Å². The third-order valence-electron chi connectivity index (χ3n) is 2.61. The van der Waals surface area contributed by atoms with Crippen LogP contribution in [0.1, 0.15) is 36.1 Å². The predicted octanol–water partition coefficient (Wildman–Crippen LogP) is 2.90. The van der Waals surface area contributed by atoms with Crippen molar-refractivity contribution in [1.29, 1.82) is 0 Å². The molecule has 0 radical (unpaired) electrons. The van der Waals surface area contributed by atoms with Gasteiger partial charge in [-0.1, -0.05) is 16.8 Å². The van der Waals surface area contributed by atoms with Crippen molar-refractivity contribution in [1.82, 2.24) is 15.0 Å². The summed E-state index contributed by atoms with van der Waals surface area (Å²) >= 11 is 5.80. The Labute approximate surface area is 116 Å². The second-order valence-corrected chi connectivity index (χ2v) is 4.76. The molecule has 0 spiro atoms. The summed E-state index contributed by atoms with van der Waals surface area (Å²) in [6.07, 6.45) is 0.687. The zero-order chi connectivity index (χ0) is 13.8. The first kappa shape index (κ1) is 13.5. The summed E-state index contributed by atoms with van der Waals surface area (Å²) in [6, 6.07) is 7.15. The Bertz CT molecular complexity index is 564. The van der Waals surface area contributed by atoms with Gasteiger partial charge in [0.1, 0.15) is 18.1 Å². The Balaban J connectivity index is 2.16. The van der Waals surface area contributed by atoms with E-state index in [9.17, 15) is 4.79 Å². The molecule has 0 amide bonds. The minimum atomic E-state index is 0.116. The van der Waals surface area contributed by atoms with Crippen molar-refractivity contribution < 1.29 is 9.53 Å². The van der Waals surface area contributed by atoms with Gasteiger partial charge in [0.25, 0.3) is 0 Å². The molecular formula is C13H14ClN3O2. The minimum Gasteiger partial charge on any atom is -0.487 e. The van der Waals surface area contributed by atoms with Crippen LogP contribution in [0.2, 0.25) is 5.02 Å². The number of ether oxygens (including phenoxy) is 1. The molecular weight excluding hydrogens is 266 g/mol. The topological polar surface area (TPSA) is 57.0 Å². The number of carbonyl (C=O) groups is 1. The number of nitrogens with zero attached hydrogens (tertiary/aromatic N) is 3. The predicted molar refractivity (Wildman–Crippen MR) is 71.6 cm³/mol. The van der Waals surface area contributed by atoms with E-state index in [0.717, 1.165) is 0 Å². The van der Waals surface area contributed by atoms with Gasteiger partial charge in [-0.2, -0.15) is 0 Å². The molecule has 0 N–H and O–H groups in total. The molecule has 0 atom stereocenters. The van der Waals surface area contributed by atoms with E-state index in [4.69, 9.17) is 16.3 Å². The molecule has 19 heavy (non-hydrogen) atoms. The Morgan fingerprint density at radius 2 is 2.05 bits per heavy atom. The summed E-state index contributed by atoms with van der Waals surface area (Å²) < 4.78 is 7.30. The lowest BCUT2D eigenvalue weighted by molar-refractivity contribution is 0.111. The van der Waals surface area contributed by atoms with Crippen molar-refractivity contribution in [2.45, 2.75) is 26.5 Å². The van der Waals surface area contributed by atoms with Crippen LogP contribution in [0.25, 0.3) is 0 Å². The Morgan fingerprint density at radius 3 is 2.63 bits per heavy atom. The largest absolute Gasteiger partial charge is 0.487 e. The average molecular weight is 280 g/mol. The zero-order valence-electron chi connectivity index (χ0n) is 10.7. The number of aldehydes is 1. The molecule has 1 heterocycles. The fourth-order valence-corrected chi connectivity index (χ4v) is 1.78. The Morgan fingerprint density at radius 1 is 1.37 bits per heavy atom. The monoisotopic (exact) mass is 279 g/mol. The van der Waals surface area contributed by atoms with Gasteiger partial charge in [0.2, 0.25) is 0 Å². The summed E-state index contributed by atoms with van der Waals surface area (Å²) in [6.45, 7) is 4.17. The molecule has 0 aliphatic rings. The molecule has 5 nitrogen and oxygen atoms in total. The maximum Gasteiger partial charge on any atom is 0.172 e. The maximum atomic E-state index is 10.9. The van der Waals surface area contributed by atoms with Crippen LogP contribution in [0.4, 0.5) is 0 Å². The Hall–Kier alpha value is -1.88. The first-order valence-corrected chi connectivity index (χ1v) is 6.27. The number of rotatable bonds is 5. The molecule has 2 rings (SSSR count). The molecule has 0 fully saturated rings. The molecule has 0 bridgehead atoms. The van der Waals surface area contributed by atoms with E-state index in [1.54, 1.807) is 28.9 Å². The minimum absolute atomic E-state index is 0.116. The van der Waals surface area contributed by atoms with Gasteiger partial charge in [0.15, 0.2) is 12.0 Å². The summed E-state index contributed by atoms with van der Waals surface area (Å²) in [5.74, 6) is 0.678. The second-order valence-electron chi connectivity index (χ2n) is 4.32. The molecule has 1 aromatic carbocycles. The molecule has 0 saturated carbocycles. The first-order chi connectivity index (χ1) is 9.11. The summed E-state index contributed by atoms with van der Waals surface area (Å²) in [7, 11) is 0. The van der Waals surface area contributed by atoms with Crippen LogP contribution >= 0.6 is 11.6 Å². The molecule has 0 aliphatic carbocycles. The van der Waals surface area contributed by atoms with Crippen molar-refractivity contribution in [3.8, 4) is 5.75 Å². The highest BCUT2D eigenvalue weighted by atomic mass is 35.5. The first-order valence-electron chi connectivity index (χ1n) is 5.89. The van der Waals surface area contributed by atoms with Crippen LogP contribution in [-0.2, 0) is 6.61 Å². The van der Waals surface area contributed by atoms with Crippen molar-refractivity contribution >= 4 is 17.9 Å². The summed E-state index contributed by atoms with van der Waals surface area (Å²) in [5.41, 5.74) is 0.975. The standard InChI is InChI=1S/C13H14ClN3O2/c1-9(2)17-13(12(7-18)15-16-17)8-19-11-5-3-10(14)4-6-11/h3-7,9H,8H2,1-2H3. The maximum absolute atomic E-state index is 10.9. The number of benzene rings is 1. The lowest BCUT2D eigenvalue weighted by Crippen LogP contribution is -2.11. The van der Waals surface area contributed by atoms with Crippen LogP contribution in [0.3, 0.4) is 0 Å². The number of hydrogen-bond acceptors (Lipinski definition) is 4. The third kappa shape index (κ3) is 3.12. The molecule has 100 valence electrons. The van der Waals surface area contributed by atoms with E-state index in [1.165, 1.54) is 0 Å². The fraction of sp³-hybridized carbons (Fsp3) is 0.308. The quantitative estimate of drug-likeness (QED) is 0.790. The van der Waals surface area contributed by atoms with Crippen LogP contribution in [0, 0.1) is 0 Å². The van der Waals surface area contributed by atoms with Crippen molar-refractivity contribution in [3.05, 3.63) is 40.7 Å². The van der Waals surface area contributed by atoms with E-state index >= 15 is 0 Å². The van der Waals surface area contributed by atoms with E-state index in [-0.39, 0.29) is 12.6 Å². The van der Waals surface area contributed by atoms with Gasteiger partial charge < -0.3 is 4.74 Å². The molecule has 2 aromatic rings. The second kappa shape index (κ2) is 5.84. The van der Waals surface area contributed by atoms with E-state index in [1.807, 2.05) is 13.8 Å². The summed E-state index contributed by atoms with van der Waals surface area (Å²) in [4.78, 5) is 10.9. The zero-order valence-corrected chi connectivity index (χ0v) is 11.5. The highest BCUT2D eigenvalue weighted by molar-refractivity contribution is 6.30. The number of aromatic nitrogens is 3. The van der Waals surface area contributed by atoms with Crippen molar-refractivity contribution in [2.24, 2.45) is 0 Å². The van der Waals surface area contributed by atoms with E-state index < -0.39 is 0 Å². The van der Waals surface area contributed by atoms with Crippen LogP contribution in [0.5, 0.6) is 5.75 Å². The molecule has 0 saturated heterocycles. The average Bonchev–Trinajstić information content (AvgIpc) is 2.81. The van der Waals surface area contributed by atoms with Crippen molar-refractivity contribution in [2.75, 3.05) is 0 Å². The highest BCUT2D eigenvalue weighted by Crippen LogP contribution is 2.18. The SMILES string of the molecule is CC(C)n1nnc(C=O)c1COc1ccc(Cl)cc1. The van der Waals surface area contributed by atoms with Gasteiger partial charge >= 0.3 is 0 Å². The molecule has 0 aliphatic heterocycles. The van der Waals surface area contributed by atoms with E-state index in [0.29, 0.717) is 28.4 Å². The molecule has 1 aromatic heterocycles. The summed E-state index contributed by atoms with van der Waals surface area (Å²) in [5, 5.41) is 8.42. The lowest BCUT2D eigenvalue weighted by atomic mass is 10.3. The van der Waals surface area contributed by atoms with Crippen LogP contribution in [-0.4, -0.2) is 21.3 Å². The van der Waals surface area contributed by atoms with Crippen LogP contribution < -0.4 is 4.74 Å². The fourth-order valence-electron chi connectivity index (χ4n) is 1.65. The Kier molecular flexibility index (Phi) is 4.16. The van der Waals surface area contributed by atoms with Crippen LogP contribution in [0.15, 0.2) is 24.3 Å². The van der Waals surface area contributed by atoms with E-state index in [2.05, 4.69) is 10.3 Å². The van der Waals surface area contributed by atoms with Gasteiger partial charge in [-0.3, -0.25) is 4.79 Å². The molecule has 0 unspecified atom stereocenters. The van der Waals surface area contributed by atoms with Gasteiger partial charge in [0, 0.05) is 11.1 Å². The van der Waals surface area contributed by atoms with Crippen molar-refractivity contribution in [3.63, 3.8) is 0 Å².